The molecule has 2 N–H and O–H groups in total. The molecule has 1 unspecified atom stereocenters. The van der Waals surface area contributed by atoms with Gasteiger partial charge >= 0.3 is 0 Å². The molecule has 0 bridgehead atoms. The molecule has 158 valence electrons. The Bertz CT molecular complexity index is 982. The molecule has 0 saturated carbocycles. The standard InChI is InChI=1S/C20H18F3N3O4/c1-30-13-4-2-12(3-5-13)26-10-11(8-17(26)28)20(29)24-9-16(27)25-15-7-6-14(21)18(22)19(15)23/h2-7,11H,8-10H2,1H3,(H,24,29)(H,25,27). The molecule has 1 aliphatic heterocycles. The fourth-order valence-corrected chi connectivity index (χ4v) is 3.02. The lowest BCUT2D eigenvalue weighted by Crippen LogP contribution is -2.38. The lowest BCUT2D eigenvalue weighted by Gasteiger charge is -2.17. The van der Waals surface area contributed by atoms with Gasteiger partial charge in [0.05, 0.1) is 25.3 Å². The van der Waals surface area contributed by atoms with Crippen LogP contribution in [0.25, 0.3) is 0 Å². The maximum absolute atomic E-state index is 13.6. The number of nitrogens with one attached hydrogen (secondary N) is 2. The summed E-state index contributed by atoms with van der Waals surface area (Å²) >= 11 is 0. The quantitative estimate of drug-likeness (QED) is 0.701. The summed E-state index contributed by atoms with van der Waals surface area (Å²) in [6.07, 6.45) is -0.0305. The van der Waals surface area contributed by atoms with Crippen LogP contribution in [0.3, 0.4) is 0 Å². The zero-order valence-corrected chi connectivity index (χ0v) is 15.9. The summed E-state index contributed by atoms with van der Waals surface area (Å²) in [6.45, 7) is -0.388. The van der Waals surface area contributed by atoms with Crippen molar-refractivity contribution in [2.75, 3.05) is 30.4 Å². The fourth-order valence-electron chi connectivity index (χ4n) is 3.02. The molecule has 3 amide bonds. The summed E-state index contributed by atoms with van der Waals surface area (Å²) in [4.78, 5) is 37.9. The Morgan fingerprint density at radius 3 is 2.47 bits per heavy atom. The van der Waals surface area contributed by atoms with Gasteiger partial charge in [-0.2, -0.15) is 0 Å². The van der Waals surface area contributed by atoms with Crippen LogP contribution in [0.15, 0.2) is 36.4 Å². The van der Waals surface area contributed by atoms with Gasteiger partial charge in [-0.15, -0.1) is 0 Å². The van der Waals surface area contributed by atoms with Gasteiger partial charge in [0, 0.05) is 18.7 Å². The minimum atomic E-state index is -1.71. The Kier molecular flexibility index (Phi) is 6.24. The Balaban J connectivity index is 1.54. The Morgan fingerprint density at radius 2 is 1.80 bits per heavy atom. The van der Waals surface area contributed by atoms with Gasteiger partial charge in [0.25, 0.3) is 0 Å². The van der Waals surface area contributed by atoms with Crippen molar-refractivity contribution in [3.63, 3.8) is 0 Å². The first-order valence-electron chi connectivity index (χ1n) is 8.95. The van der Waals surface area contributed by atoms with Crippen LogP contribution >= 0.6 is 0 Å². The molecule has 10 heteroatoms. The second-order valence-electron chi connectivity index (χ2n) is 6.59. The number of carbonyl (C=O) groups excluding carboxylic acids is 3. The fraction of sp³-hybridized carbons (Fsp3) is 0.250. The van der Waals surface area contributed by atoms with Crippen LogP contribution < -0.4 is 20.3 Å². The Hall–Kier alpha value is -3.56. The summed E-state index contributed by atoms with van der Waals surface area (Å²) in [5, 5.41) is 4.41. The lowest BCUT2D eigenvalue weighted by atomic mass is 10.1. The van der Waals surface area contributed by atoms with Crippen molar-refractivity contribution in [2.45, 2.75) is 6.42 Å². The number of carbonyl (C=O) groups is 3. The van der Waals surface area contributed by atoms with Gasteiger partial charge in [0.15, 0.2) is 17.5 Å². The molecule has 1 heterocycles. The Labute approximate surface area is 169 Å². The number of halogens is 3. The number of nitrogens with zero attached hydrogens (tertiary/aromatic N) is 1. The van der Waals surface area contributed by atoms with Crippen molar-refractivity contribution in [2.24, 2.45) is 5.92 Å². The first kappa shape index (κ1) is 21.2. The zero-order chi connectivity index (χ0) is 21.8. The number of rotatable bonds is 6. The van der Waals surface area contributed by atoms with Gasteiger partial charge < -0.3 is 20.3 Å². The predicted molar refractivity (Wildman–Crippen MR) is 101 cm³/mol. The number of benzene rings is 2. The normalized spacial score (nSPS) is 15.8. The van der Waals surface area contributed by atoms with Crippen LogP contribution in [-0.4, -0.2) is 37.9 Å². The molecule has 3 rings (SSSR count). The third-order valence-electron chi connectivity index (χ3n) is 4.61. The van der Waals surface area contributed by atoms with Crippen molar-refractivity contribution < 1.29 is 32.3 Å². The molecule has 30 heavy (non-hydrogen) atoms. The molecule has 1 fully saturated rings. The number of hydrogen-bond donors (Lipinski definition) is 2. The van der Waals surface area contributed by atoms with E-state index in [2.05, 4.69) is 10.6 Å². The van der Waals surface area contributed by atoms with Crippen molar-refractivity contribution in [3.05, 3.63) is 53.8 Å². The van der Waals surface area contributed by atoms with E-state index in [-0.39, 0.29) is 18.9 Å². The molecule has 1 atom stereocenters. The monoisotopic (exact) mass is 421 g/mol. The summed E-state index contributed by atoms with van der Waals surface area (Å²) < 4.78 is 44.8. The molecule has 7 nitrogen and oxygen atoms in total. The van der Waals surface area contributed by atoms with Gasteiger partial charge in [0.1, 0.15) is 5.75 Å². The van der Waals surface area contributed by atoms with Crippen LogP contribution in [0.1, 0.15) is 6.42 Å². The number of amides is 3. The summed E-state index contributed by atoms with van der Waals surface area (Å²) in [5.74, 6) is -6.27. The number of anilines is 2. The van der Waals surface area contributed by atoms with Crippen molar-refractivity contribution in [3.8, 4) is 5.75 Å². The van der Waals surface area contributed by atoms with E-state index in [0.717, 1.165) is 6.07 Å². The summed E-state index contributed by atoms with van der Waals surface area (Å²) in [5.41, 5.74) is 0.0672. The van der Waals surface area contributed by atoms with Crippen LogP contribution in [0.5, 0.6) is 5.75 Å². The third-order valence-corrected chi connectivity index (χ3v) is 4.61. The molecule has 2 aromatic carbocycles. The van der Waals surface area contributed by atoms with Crippen LogP contribution in [0.2, 0.25) is 0 Å². The third kappa shape index (κ3) is 4.53. The molecule has 0 aliphatic carbocycles. The predicted octanol–water partition coefficient (Wildman–Crippen LogP) is 2.22. The number of hydrogen-bond acceptors (Lipinski definition) is 4. The second-order valence-corrected chi connectivity index (χ2v) is 6.59. The number of ether oxygens (including phenoxy) is 1. The smallest absolute Gasteiger partial charge is 0.243 e. The van der Waals surface area contributed by atoms with Crippen molar-refractivity contribution in [1.29, 1.82) is 0 Å². The van der Waals surface area contributed by atoms with Gasteiger partial charge in [-0.25, -0.2) is 13.2 Å². The van der Waals surface area contributed by atoms with E-state index in [1.165, 1.54) is 12.0 Å². The molecule has 2 aromatic rings. The highest BCUT2D eigenvalue weighted by molar-refractivity contribution is 6.01. The van der Waals surface area contributed by atoms with E-state index >= 15 is 0 Å². The van der Waals surface area contributed by atoms with Gasteiger partial charge in [-0.3, -0.25) is 14.4 Å². The van der Waals surface area contributed by atoms with Gasteiger partial charge in [-0.1, -0.05) is 0 Å². The molecule has 0 aromatic heterocycles. The minimum absolute atomic E-state index is 0.0305. The Morgan fingerprint density at radius 1 is 1.10 bits per heavy atom. The van der Waals surface area contributed by atoms with Crippen LogP contribution in [-0.2, 0) is 14.4 Å². The van der Waals surface area contributed by atoms with E-state index in [1.54, 1.807) is 24.3 Å². The average molecular weight is 421 g/mol. The molecule has 1 aliphatic rings. The van der Waals surface area contributed by atoms with E-state index in [9.17, 15) is 27.6 Å². The highest BCUT2D eigenvalue weighted by Gasteiger charge is 2.35. The molecule has 0 radical (unpaired) electrons. The largest absolute Gasteiger partial charge is 0.497 e. The van der Waals surface area contributed by atoms with Crippen LogP contribution in [0, 0.1) is 23.4 Å². The molecular formula is C20H18F3N3O4. The maximum Gasteiger partial charge on any atom is 0.243 e. The topological polar surface area (TPSA) is 87.7 Å². The van der Waals surface area contributed by atoms with E-state index in [1.807, 2.05) is 0 Å². The second kappa shape index (κ2) is 8.85. The van der Waals surface area contributed by atoms with Crippen molar-refractivity contribution in [1.82, 2.24) is 5.32 Å². The zero-order valence-electron chi connectivity index (χ0n) is 15.9. The van der Waals surface area contributed by atoms with E-state index in [0.29, 0.717) is 17.5 Å². The summed E-state index contributed by atoms with van der Waals surface area (Å²) in [6, 6.07) is 8.32. The maximum atomic E-state index is 13.6. The molecule has 1 saturated heterocycles. The average Bonchev–Trinajstić information content (AvgIpc) is 3.14. The first-order chi connectivity index (χ1) is 14.3. The highest BCUT2D eigenvalue weighted by atomic mass is 19.2. The van der Waals surface area contributed by atoms with Crippen molar-refractivity contribution >= 4 is 29.1 Å². The molecular weight excluding hydrogens is 403 g/mol. The molecule has 0 spiro atoms. The van der Waals surface area contributed by atoms with Gasteiger partial charge in [-0.05, 0) is 36.4 Å². The van der Waals surface area contributed by atoms with E-state index < -0.39 is 47.4 Å². The van der Waals surface area contributed by atoms with E-state index in [4.69, 9.17) is 4.74 Å². The first-order valence-corrected chi connectivity index (χ1v) is 8.95. The highest BCUT2D eigenvalue weighted by Crippen LogP contribution is 2.27. The number of methoxy groups -OCH3 is 1. The SMILES string of the molecule is COc1ccc(N2CC(C(=O)NCC(=O)Nc3ccc(F)c(F)c3F)CC2=O)cc1. The summed E-state index contributed by atoms with van der Waals surface area (Å²) in [7, 11) is 1.52. The minimum Gasteiger partial charge on any atom is -0.497 e. The lowest BCUT2D eigenvalue weighted by molar-refractivity contribution is -0.127. The van der Waals surface area contributed by atoms with Crippen LogP contribution in [0.4, 0.5) is 24.5 Å². The van der Waals surface area contributed by atoms with Gasteiger partial charge in [0.2, 0.25) is 17.7 Å².